The number of carbonyl (C=O) groups is 2. The molecule has 1 N–H and O–H groups in total. The van der Waals surface area contributed by atoms with Crippen molar-refractivity contribution >= 4 is 12.1 Å². The molecule has 1 heterocycles. The minimum Gasteiger partial charge on any atom is -0.356 e. The maximum atomic E-state index is 12.2. The summed E-state index contributed by atoms with van der Waals surface area (Å²) in [7, 11) is 0. The van der Waals surface area contributed by atoms with Gasteiger partial charge in [-0.3, -0.25) is 9.59 Å². The van der Waals surface area contributed by atoms with Gasteiger partial charge in [0.1, 0.15) is 0 Å². The van der Waals surface area contributed by atoms with Gasteiger partial charge in [0.15, 0.2) is 12.1 Å². The Labute approximate surface area is 108 Å². The van der Waals surface area contributed by atoms with Crippen LogP contribution in [0.4, 0.5) is 0 Å². The first-order chi connectivity index (χ1) is 8.54. The number of aldehydes is 1. The lowest BCUT2D eigenvalue weighted by atomic mass is 10.0. The van der Waals surface area contributed by atoms with Gasteiger partial charge in [-0.25, -0.2) is 0 Å². The van der Waals surface area contributed by atoms with Gasteiger partial charge in [-0.2, -0.15) is 0 Å². The van der Waals surface area contributed by atoms with Crippen LogP contribution in [-0.4, -0.2) is 41.6 Å². The average molecular weight is 250 g/mol. The van der Waals surface area contributed by atoms with Crippen LogP contribution in [0.2, 0.25) is 0 Å². The number of hydrogen-bond donors (Lipinski definition) is 1. The molecule has 0 saturated carbocycles. The number of H-pyrrole nitrogens is 1. The molecule has 0 aliphatic rings. The Morgan fingerprint density at radius 3 is 2.33 bits per heavy atom. The molecule has 0 saturated heterocycles. The van der Waals surface area contributed by atoms with E-state index in [1.165, 1.54) is 0 Å². The lowest BCUT2D eigenvalue weighted by molar-refractivity contribution is 0.0965. The molecule has 1 rings (SSSR count). The smallest absolute Gasteiger partial charge is 0.166 e. The summed E-state index contributed by atoms with van der Waals surface area (Å²) < 4.78 is 0. The summed E-state index contributed by atoms with van der Waals surface area (Å²) in [6, 6.07) is 0. The highest BCUT2D eigenvalue weighted by Gasteiger charge is 2.17. The minimum atomic E-state index is 0.112. The van der Waals surface area contributed by atoms with Crippen LogP contribution >= 0.6 is 0 Å². The maximum Gasteiger partial charge on any atom is 0.166 e. The zero-order chi connectivity index (χ0) is 13.7. The van der Waals surface area contributed by atoms with Crippen molar-refractivity contribution in [3.63, 3.8) is 0 Å². The third kappa shape index (κ3) is 3.07. The van der Waals surface area contributed by atoms with Crippen LogP contribution in [0.15, 0.2) is 0 Å². The largest absolute Gasteiger partial charge is 0.356 e. The summed E-state index contributed by atoms with van der Waals surface area (Å²) in [4.78, 5) is 28.2. The highest BCUT2D eigenvalue weighted by molar-refractivity contribution is 6.00. The summed E-state index contributed by atoms with van der Waals surface area (Å²) in [6.45, 7) is 10.5. The average Bonchev–Trinajstić information content (AvgIpc) is 2.65. The van der Waals surface area contributed by atoms with E-state index in [-0.39, 0.29) is 5.78 Å². The van der Waals surface area contributed by atoms with E-state index < -0.39 is 0 Å². The molecule has 0 bridgehead atoms. The monoisotopic (exact) mass is 250 g/mol. The van der Waals surface area contributed by atoms with E-state index >= 15 is 0 Å². The van der Waals surface area contributed by atoms with Crippen LogP contribution in [0.3, 0.4) is 0 Å². The molecule has 0 fully saturated rings. The molecule has 4 heteroatoms. The van der Waals surface area contributed by atoms with Gasteiger partial charge < -0.3 is 9.88 Å². The fraction of sp³-hybridized carbons (Fsp3) is 0.571. The van der Waals surface area contributed by atoms with Gasteiger partial charge in [-0.15, -0.1) is 0 Å². The predicted octanol–water partition coefficient (Wildman–Crippen LogP) is 2.36. The number of rotatable bonds is 7. The molecule has 0 spiro atoms. The lowest BCUT2D eigenvalue weighted by Crippen LogP contribution is -2.26. The van der Waals surface area contributed by atoms with E-state index in [9.17, 15) is 9.59 Å². The predicted molar refractivity (Wildman–Crippen MR) is 72.4 cm³/mol. The van der Waals surface area contributed by atoms with Gasteiger partial charge in [0.05, 0.1) is 5.69 Å². The Kier molecular flexibility index (Phi) is 5.28. The van der Waals surface area contributed by atoms with Crippen molar-refractivity contribution in [2.75, 3.05) is 19.6 Å². The van der Waals surface area contributed by atoms with E-state index in [4.69, 9.17) is 0 Å². The Morgan fingerprint density at radius 2 is 1.89 bits per heavy atom. The molecule has 100 valence electrons. The van der Waals surface area contributed by atoms with Crippen LogP contribution in [0.5, 0.6) is 0 Å². The second-order valence-electron chi connectivity index (χ2n) is 4.48. The van der Waals surface area contributed by atoms with Crippen molar-refractivity contribution < 1.29 is 9.59 Å². The first-order valence-corrected chi connectivity index (χ1v) is 6.44. The Hall–Kier alpha value is -1.42. The van der Waals surface area contributed by atoms with Crippen LogP contribution < -0.4 is 0 Å². The third-order valence-electron chi connectivity index (χ3n) is 3.42. The number of hydrogen-bond acceptors (Lipinski definition) is 3. The van der Waals surface area contributed by atoms with Crippen molar-refractivity contribution in [1.29, 1.82) is 0 Å². The van der Waals surface area contributed by atoms with Crippen LogP contribution in [0.1, 0.15) is 52.4 Å². The number of Topliss-reactive ketones (excluding diaryl/α,β-unsaturated/α-hetero) is 1. The Bertz CT molecular complexity index is 431. The van der Waals surface area contributed by atoms with Crippen molar-refractivity contribution in [3.05, 3.63) is 22.5 Å². The molecule has 0 aliphatic carbocycles. The number of aromatic amines is 1. The molecule has 0 unspecified atom stereocenters. The molecule has 1 aromatic heterocycles. The summed E-state index contributed by atoms with van der Waals surface area (Å²) >= 11 is 0. The van der Waals surface area contributed by atoms with Gasteiger partial charge in [0.25, 0.3) is 0 Å². The van der Waals surface area contributed by atoms with E-state index in [0.29, 0.717) is 17.7 Å². The fourth-order valence-electron chi connectivity index (χ4n) is 2.23. The number of nitrogens with zero attached hydrogens (tertiary/aromatic N) is 1. The SMILES string of the molecule is CCN(CC)CCC(=O)c1c(C)[nH]c(C=O)c1C. The molecule has 0 aromatic carbocycles. The standard InChI is InChI=1S/C14H22N2O2/c1-5-16(6-2)8-7-13(18)14-10(3)12(9-17)15-11(14)4/h9,15H,5-8H2,1-4H3. The quantitative estimate of drug-likeness (QED) is 0.597. The second-order valence-corrected chi connectivity index (χ2v) is 4.48. The van der Waals surface area contributed by atoms with Gasteiger partial charge >= 0.3 is 0 Å². The summed E-state index contributed by atoms with van der Waals surface area (Å²) in [5.74, 6) is 0.112. The van der Waals surface area contributed by atoms with Gasteiger partial charge in [-0.05, 0) is 32.5 Å². The number of aryl methyl sites for hydroxylation is 1. The van der Waals surface area contributed by atoms with E-state index in [1.807, 2.05) is 13.8 Å². The van der Waals surface area contributed by atoms with E-state index in [2.05, 4.69) is 23.7 Å². The van der Waals surface area contributed by atoms with Crippen molar-refractivity contribution in [2.24, 2.45) is 0 Å². The molecule has 0 radical (unpaired) electrons. The number of nitrogens with one attached hydrogen (secondary N) is 1. The molecule has 0 atom stereocenters. The van der Waals surface area contributed by atoms with Crippen molar-refractivity contribution in [3.8, 4) is 0 Å². The van der Waals surface area contributed by atoms with E-state index in [0.717, 1.165) is 37.2 Å². The number of ketones is 1. The maximum absolute atomic E-state index is 12.2. The molecular formula is C14H22N2O2. The Morgan fingerprint density at radius 1 is 1.28 bits per heavy atom. The molecule has 4 nitrogen and oxygen atoms in total. The van der Waals surface area contributed by atoms with Gasteiger partial charge in [-0.1, -0.05) is 13.8 Å². The van der Waals surface area contributed by atoms with Gasteiger partial charge in [0.2, 0.25) is 0 Å². The normalized spacial score (nSPS) is 10.9. The lowest BCUT2D eigenvalue weighted by Gasteiger charge is -2.17. The zero-order valence-corrected chi connectivity index (χ0v) is 11.7. The van der Waals surface area contributed by atoms with Crippen LogP contribution in [0, 0.1) is 13.8 Å². The second kappa shape index (κ2) is 6.50. The zero-order valence-electron chi connectivity index (χ0n) is 11.7. The molecular weight excluding hydrogens is 228 g/mol. The number of carbonyl (C=O) groups excluding carboxylic acids is 2. The highest BCUT2D eigenvalue weighted by Crippen LogP contribution is 2.18. The molecule has 0 amide bonds. The molecule has 1 aromatic rings. The molecule has 0 aliphatic heterocycles. The topological polar surface area (TPSA) is 53.2 Å². The Balaban J connectivity index is 2.78. The van der Waals surface area contributed by atoms with Crippen LogP contribution in [0.25, 0.3) is 0 Å². The molecule has 18 heavy (non-hydrogen) atoms. The van der Waals surface area contributed by atoms with Gasteiger partial charge in [0, 0.05) is 24.2 Å². The first kappa shape index (κ1) is 14.6. The summed E-state index contributed by atoms with van der Waals surface area (Å²) in [5, 5.41) is 0. The summed E-state index contributed by atoms with van der Waals surface area (Å²) in [5.41, 5.74) is 2.76. The fourth-order valence-corrected chi connectivity index (χ4v) is 2.23. The third-order valence-corrected chi connectivity index (χ3v) is 3.42. The first-order valence-electron chi connectivity index (χ1n) is 6.44. The minimum absolute atomic E-state index is 0.112. The van der Waals surface area contributed by atoms with Crippen molar-refractivity contribution in [2.45, 2.75) is 34.1 Å². The van der Waals surface area contributed by atoms with E-state index in [1.54, 1.807) is 0 Å². The summed E-state index contributed by atoms with van der Waals surface area (Å²) in [6.07, 6.45) is 1.27. The number of aromatic nitrogens is 1. The highest BCUT2D eigenvalue weighted by atomic mass is 16.1. The van der Waals surface area contributed by atoms with Crippen molar-refractivity contribution in [1.82, 2.24) is 9.88 Å². The van der Waals surface area contributed by atoms with Crippen LogP contribution in [-0.2, 0) is 0 Å².